The molecule has 2 aliphatic carbocycles. The van der Waals surface area contributed by atoms with Crippen LogP contribution in [0.3, 0.4) is 0 Å². The Morgan fingerprint density at radius 2 is 1.57 bits per heavy atom. The summed E-state index contributed by atoms with van der Waals surface area (Å²) in [6.45, 7) is 0.673. The van der Waals surface area contributed by atoms with Crippen LogP contribution in [-0.2, 0) is 15.8 Å². The summed E-state index contributed by atoms with van der Waals surface area (Å²) in [7, 11) is 0. The quantitative estimate of drug-likeness (QED) is 0.580. The van der Waals surface area contributed by atoms with E-state index in [9.17, 15) is 32.3 Å². The number of halogens is 4. The molecule has 3 N–H and O–H groups in total. The Balaban J connectivity index is 1.53. The van der Waals surface area contributed by atoms with Crippen molar-refractivity contribution in [2.75, 3.05) is 0 Å². The van der Waals surface area contributed by atoms with E-state index in [4.69, 9.17) is 5.73 Å². The molecule has 0 bridgehead atoms. The number of hydrogen-bond acceptors (Lipinski definition) is 3. The molecule has 0 heterocycles. The second kappa shape index (κ2) is 8.93. The highest BCUT2D eigenvalue weighted by molar-refractivity contribution is 5.95. The monoisotopic (exact) mass is 492 g/mol. The van der Waals surface area contributed by atoms with Gasteiger partial charge >= 0.3 is 6.18 Å². The zero-order chi connectivity index (χ0) is 25.6. The van der Waals surface area contributed by atoms with Crippen molar-refractivity contribution in [2.45, 2.75) is 74.7 Å². The molecule has 0 spiro atoms. The Morgan fingerprint density at radius 1 is 1.00 bits per heavy atom. The average Bonchev–Trinajstić information content (AvgIpc) is 3.64. The third kappa shape index (κ3) is 4.66. The number of amides is 2. The van der Waals surface area contributed by atoms with Crippen molar-refractivity contribution in [1.29, 1.82) is 0 Å². The molecule has 2 fully saturated rings. The first kappa shape index (κ1) is 25.2. The van der Waals surface area contributed by atoms with Gasteiger partial charge in [0.25, 0.3) is 5.91 Å². The third-order valence-electron chi connectivity index (χ3n) is 7.47. The van der Waals surface area contributed by atoms with Gasteiger partial charge in [0.1, 0.15) is 5.82 Å². The number of aliphatic hydroxyl groups is 1. The van der Waals surface area contributed by atoms with Crippen molar-refractivity contribution in [2.24, 2.45) is 5.73 Å². The number of nitrogens with two attached hydrogens (primary N) is 1. The molecule has 0 radical (unpaired) electrons. The van der Waals surface area contributed by atoms with Crippen molar-refractivity contribution in [1.82, 2.24) is 4.90 Å². The summed E-state index contributed by atoms with van der Waals surface area (Å²) in [5.41, 5.74) is 2.14. The van der Waals surface area contributed by atoms with Crippen LogP contribution in [0.25, 0.3) is 0 Å². The molecule has 2 aliphatic rings. The highest BCUT2D eigenvalue weighted by Crippen LogP contribution is 2.44. The lowest BCUT2D eigenvalue weighted by Crippen LogP contribution is -2.50. The average molecular weight is 493 g/mol. The van der Waals surface area contributed by atoms with E-state index in [2.05, 4.69) is 0 Å². The predicted octanol–water partition coefficient (Wildman–Crippen LogP) is 4.57. The number of alkyl halides is 3. The summed E-state index contributed by atoms with van der Waals surface area (Å²) >= 11 is 0. The first-order valence-electron chi connectivity index (χ1n) is 11.6. The standard InChI is InChI=1S/C26H28F4N2O3/c1-24(35,26(28,29)30)17-7-5-16(6-8-17)22(33)32(20-9-10-20)21-11-13-25(14-12-21,23(31)34)18-3-2-4-19(27)15-18/h2-8,15,20-21,35H,9-14H2,1H3,(H2,31,34)/t21-,24-,25+/m0/s1. The number of hydrogen-bond donors (Lipinski definition) is 2. The van der Waals surface area contributed by atoms with Crippen LogP contribution in [0.15, 0.2) is 48.5 Å². The summed E-state index contributed by atoms with van der Waals surface area (Å²) in [5.74, 6) is -1.28. The fourth-order valence-corrected chi connectivity index (χ4v) is 5.07. The van der Waals surface area contributed by atoms with Gasteiger partial charge in [-0.15, -0.1) is 0 Å². The lowest BCUT2D eigenvalue weighted by molar-refractivity contribution is -0.258. The van der Waals surface area contributed by atoms with Gasteiger partial charge < -0.3 is 15.7 Å². The Hall–Kier alpha value is -2.94. The van der Waals surface area contributed by atoms with E-state index in [1.165, 1.54) is 24.3 Å². The SMILES string of the molecule is C[C@](O)(c1ccc(C(=O)N(C2CC2)[C@H]2CC[C@](C(N)=O)(c3cccc(F)c3)CC2)cc1)C(F)(F)F. The van der Waals surface area contributed by atoms with Crippen LogP contribution >= 0.6 is 0 Å². The second-order valence-corrected chi connectivity index (χ2v) is 9.78. The first-order valence-corrected chi connectivity index (χ1v) is 11.6. The van der Waals surface area contributed by atoms with Gasteiger partial charge in [0.2, 0.25) is 5.91 Å². The zero-order valence-corrected chi connectivity index (χ0v) is 19.3. The maximum atomic E-state index is 13.9. The predicted molar refractivity (Wildman–Crippen MR) is 121 cm³/mol. The first-order chi connectivity index (χ1) is 16.4. The largest absolute Gasteiger partial charge is 0.421 e. The number of carbonyl (C=O) groups is 2. The third-order valence-corrected chi connectivity index (χ3v) is 7.47. The minimum atomic E-state index is -4.85. The van der Waals surface area contributed by atoms with Gasteiger partial charge in [-0.05, 0) is 80.8 Å². The van der Waals surface area contributed by atoms with E-state index in [0.717, 1.165) is 25.0 Å². The smallest absolute Gasteiger partial charge is 0.376 e. The molecule has 2 aromatic carbocycles. The van der Waals surface area contributed by atoms with Crippen molar-refractivity contribution < 1.29 is 32.3 Å². The molecular weight excluding hydrogens is 464 g/mol. The molecule has 35 heavy (non-hydrogen) atoms. The zero-order valence-electron chi connectivity index (χ0n) is 19.3. The molecule has 0 aromatic heterocycles. The van der Waals surface area contributed by atoms with E-state index in [-0.39, 0.29) is 29.1 Å². The molecule has 2 amide bonds. The maximum Gasteiger partial charge on any atom is 0.421 e. The summed E-state index contributed by atoms with van der Waals surface area (Å²) < 4.78 is 53.3. The normalized spacial score (nSPS) is 24.5. The summed E-state index contributed by atoms with van der Waals surface area (Å²) in [4.78, 5) is 27.6. The van der Waals surface area contributed by atoms with E-state index in [1.807, 2.05) is 0 Å². The van der Waals surface area contributed by atoms with Gasteiger partial charge in [-0.3, -0.25) is 9.59 Å². The van der Waals surface area contributed by atoms with Crippen LogP contribution in [0, 0.1) is 5.82 Å². The van der Waals surface area contributed by atoms with E-state index >= 15 is 0 Å². The van der Waals surface area contributed by atoms with Gasteiger partial charge in [-0.2, -0.15) is 13.2 Å². The van der Waals surface area contributed by atoms with Gasteiger partial charge in [-0.25, -0.2) is 4.39 Å². The van der Waals surface area contributed by atoms with Crippen molar-refractivity contribution in [3.63, 3.8) is 0 Å². The Bertz CT molecular complexity index is 1100. The lowest BCUT2D eigenvalue weighted by atomic mass is 9.67. The van der Waals surface area contributed by atoms with Crippen LogP contribution in [0.5, 0.6) is 0 Å². The number of benzene rings is 2. The summed E-state index contributed by atoms with van der Waals surface area (Å²) in [6, 6.07) is 10.6. The van der Waals surface area contributed by atoms with E-state index in [1.54, 1.807) is 17.0 Å². The van der Waals surface area contributed by atoms with E-state index in [0.29, 0.717) is 38.2 Å². The maximum absolute atomic E-state index is 13.9. The van der Waals surface area contributed by atoms with Gasteiger partial charge in [0, 0.05) is 17.6 Å². The van der Waals surface area contributed by atoms with Crippen LogP contribution < -0.4 is 5.73 Å². The van der Waals surface area contributed by atoms with Gasteiger partial charge in [0.15, 0.2) is 5.60 Å². The molecule has 4 rings (SSSR count). The van der Waals surface area contributed by atoms with Gasteiger partial charge in [0.05, 0.1) is 5.41 Å². The molecule has 9 heteroatoms. The fourth-order valence-electron chi connectivity index (χ4n) is 5.07. The topological polar surface area (TPSA) is 83.6 Å². The highest BCUT2D eigenvalue weighted by Gasteiger charge is 2.51. The molecule has 2 aromatic rings. The second-order valence-electron chi connectivity index (χ2n) is 9.78. The fraction of sp³-hybridized carbons (Fsp3) is 0.462. The molecule has 0 aliphatic heterocycles. The van der Waals surface area contributed by atoms with Crippen LogP contribution in [0.4, 0.5) is 17.6 Å². The Kier molecular flexibility index (Phi) is 6.42. The molecule has 0 saturated heterocycles. The van der Waals surface area contributed by atoms with Crippen LogP contribution in [0.2, 0.25) is 0 Å². The molecule has 188 valence electrons. The minimum Gasteiger partial charge on any atom is -0.376 e. The summed E-state index contributed by atoms with van der Waals surface area (Å²) in [5, 5.41) is 9.89. The van der Waals surface area contributed by atoms with Crippen LogP contribution in [-0.4, -0.2) is 40.1 Å². The molecular formula is C26H28F4N2O3. The molecule has 0 unspecified atom stereocenters. The summed E-state index contributed by atoms with van der Waals surface area (Å²) in [6.07, 6.45) is -1.50. The van der Waals surface area contributed by atoms with Crippen LogP contribution in [0.1, 0.15) is 66.9 Å². The number of rotatable bonds is 6. The molecule has 1 atom stereocenters. The number of nitrogens with zero attached hydrogens (tertiary/aromatic N) is 1. The van der Waals surface area contributed by atoms with Crippen molar-refractivity contribution >= 4 is 11.8 Å². The molecule has 5 nitrogen and oxygen atoms in total. The van der Waals surface area contributed by atoms with Gasteiger partial charge in [-0.1, -0.05) is 24.3 Å². The number of carbonyl (C=O) groups excluding carboxylic acids is 2. The Morgan fingerprint density at radius 3 is 2.06 bits per heavy atom. The Labute approximate surface area is 200 Å². The number of primary amides is 1. The lowest BCUT2D eigenvalue weighted by Gasteiger charge is -2.42. The van der Waals surface area contributed by atoms with E-state index < -0.39 is 28.9 Å². The molecule has 2 saturated carbocycles. The highest BCUT2D eigenvalue weighted by atomic mass is 19.4. The minimum absolute atomic E-state index is 0.0284. The van der Waals surface area contributed by atoms with Crippen molar-refractivity contribution in [3.05, 3.63) is 71.0 Å². The van der Waals surface area contributed by atoms with Crippen molar-refractivity contribution in [3.8, 4) is 0 Å².